The highest BCUT2D eigenvalue weighted by molar-refractivity contribution is 6.05. The SMILES string of the molecule is CCOC(=O)c1ccccc1NC=CC(=O)c1ccc2c(c1)OCO2. The topological polar surface area (TPSA) is 73.9 Å². The quantitative estimate of drug-likeness (QED) is 0.494. The number of ether oxygens (including phenoxy) is 3. The number of para-hydroxylation sites is 1. The second-order valence-corrected chi connectivity index (χ2v) is 5.18. The Balaban J connectivity index is 1.69. The van der Waals surface area contributed by atoms with Crippen LogP contribution in [0.15, 0.2) is 54.7 Å². The number of benzene rings is 2. The molecular formula is C19H17NO5. The summed E-state index contributed by atoms with van der Waals surface area (Å²) in [5.74, 6) is 0.572. The molecule has 0 spiro atoms. The molecule has 0 atom stereocenters. The number of anilines is 1. The summed E-state index contributed by atoms with van der Waals surface area (Å²) in [4.78, 5) is 24.2. The van der Waals surface area contributed by atoms with Gasteiger partial charge in [0.15, 0.2) is 17.3 Å². The molecular weight excluding hydrogens is 322 g/mol. The van der Waals surface area contributed by atoms with Crippen molar-refractivity contribution in [3.8, 4) is 11.5 Å². The zero-order valence-corrected chi connectivity index (χ0v) is 13.7. The lowest BCUT2D eigenvalue weighted by atomic mass is 10.1. The molecule has 0 fully saturated rings. The van der Waals surface area contributed by atoms with E-state index < -0.39 is 5.97 Å². The van der Waals surface area contributed by atoms with Gasteiger partial charge in [-0.05, 0) is 37.3 Å². The Kier molecular flexibility index (Phi) is 4.99. The van der Waals surface area contributed by atoms with Gasteiger partial charge in [0.05, 0.1) is 17.9 Å². The summed E-state index contributed by atoms with van der Waals surface area (Å²) in [6.07, 6.45) is 2.88. The summed E-state index contributed by atoms with van der Waals surface area (Å²) >= 11 is 0. The molecule has 0 aliphatic carbocycles. The summed E-state index contributed by atoms with van der Waals surface area (Å²) in [5.41, 5.74) is 1.46. The van der Waals surface area contributed by atoms with E-state index >= 15 is 0 Å². The van der Waals surface area contributed by atoms with E-state index in [0.717, 1.165) is 0 Å². The van der Waals surface area contributed by atoms with E-state index in [4.69, 9.17) is 14.2 Å². The van der Waals surface area contributed by atoms with Gasteiger partial charge in [0.1, 0.15) is 0 Å². The first-order chi connectivity index (χ1) is 12.2. The normalized spacial score (nSPS) is 12.2. The number of carbonyl (C=O) groups excluding carboxylic acids is 2. The molecule has 25 heavy (non-hydrogen) atoms. The van der Waals surface area contributed by atoms with Crippen molar-refractivity contribution in [2.75, 3.05) is 18.7 Å². The maximum atomic E-state index is 12.2. The fourth-order valence-corrected chi connectivity index (χ4v) is 2.35. The van der Waals surface area contributed by atoms with E-state index in [1.54, 1.807) is 49.4 Å². The third kappa shape index (κ3) is 3.80. The summed E-state index contributed by atoms with van der Waals surface area (Å²) in [7, 11) is 0. The van der Waals surface area contributed by atoms with Crippen molar-refractivity contribution in [3.63, 3.8) is 0 Å². The number of esters is 1. The smallest absolute Gasteiger partial charge is 0.340 e. The number of ketones is 1. The fraction of sp³-hybridized carbons (Fsp3) is 0.158. The molecule has 0 saturated carbocycles. The number of nitrogens with one attached hydrogen (secondary N) is 1. The molecule has 1 heterocycles. The number of allylic oxidation sites excluding steroid dienone is 1. The van der Waals surface area contributed by atoms with Crippen LogP contribution in [0, 0.1) is 0 Å². The number of fused-ring (bicyclic) bond motifs is 1. The van der Waals surface area contributed by atoms with Crippen molar-refractivity contribution in [1.29, 1.82) is 0 Å². The third-order valence-corrected chi connectivity index (χ3v) is 3.55. The highest BCUT2D eigenvalue weighted by atomic mass is 16.7. The Morgan fingerprint density at radius 1 is 1.16 bits per heavy atom. The first-order valence-corrected chi connectivity index (χ1v) is 7.82. The van der Waals surface area contributed by atoms with Crippen molar-refractivity contribution >= 4 is 17.4 Å². The van der Waals surface area contributed by atoms with Crippen LogP contribution in [0.3, 0.4) is 0 Å². The van der Waals surface area contributed by atoms with E-state index in [9.17, 15) is 9.59 Å². The van der Waals surface area contributed by atoms with Crippen molar-refractivity contribution in [2.24, 2.45) is 0 Å². The molecule has 2 aromatic carbocycles. The number of hydrogen-bond donors (Lipinski definition) is 1. The predicted octanol–water partition coefficient (Wildman–Crippen LogP) is 3.40. The van der Waals surface area contributed by atoms with Gasteiger partial charge in [-0.3, -0.25) is 4.79 Å². The van der Waals surface area contributed by atoms with Crippen molar-refractivity contribution in [2.45, 2.75) is 6.92 Å². The van der Waals surface area contributed by atoms with Gasteiger partial charge >= 0.3 is 5.97 Å². The lowest BCUT2D eigenvalue weighted by Gasteiger charge is -2.08. The monoisotopic (exact) mass is 339 g/mol. The van der Waals surface area contributed by atoms with Gasteiger partial charge in [-0.25, -0.2) is 4.79 Å². The van der Waals surface area contributed by atoms with Gasteiger partial charge < -0.3 is 19.5 Å². The molecule has 0 saturated heterocycles. The third-order valence-electron chi connectivity index (χ3n) is 3.55. The zero-order valence-electron chi connectivity index (χ0n) is 13.7. The second-order valence-electron chi connectivity index (χ2n) is 5.18. The highest BCUT2D eigenvalue weighted by Gasteiger charge is 2.15. The molecule has 0 amide bonds. The average molecular weight is 339 g/mol. The number of carbonyl (C=O) groups is 2. The maximum Gasteiger partial charge on any atom is 0.340 e. The van der Waals surface area contributed by atoms with Crippen LogP contribution in [-0.4, -0.2) is 25.2 Å². The highest BCUT2D eigenvalue weighted by Crippen LogP contribution is 2.32. The molecule has 1 aliphatic rings. The Morgan fingerprint density at radius 3 is 2.80 bits per heavy atom. The van der Waals surface area contributed by atoms with Crippen LogP contribution >= 0.6 is 0 Å². The van der Waals surface area contributed by atoms with Gasteiger partial charge in [0.2, 0.25) is 6.79 Å². The summed E-state index contributed by atoms with van der Waals surface area (Å²) < 4.78 is 15.5. The first kappa shape index (κ1) is 16.6. The molecule has 6 heteroatoms. The van der Waals surface area contributed by atoms with E-state index in [2.05, 4.69) is 5.32 Å². The molecule has 6 nitrogen and oxygen atoms in total. The lowest BCUT2D eigenvalue weighted by molar-refractivity contribution is 0.0527. The second kappa shape index (κ2) is 7.53. The van der Waals surface area contributed by atoms with Crippen molar-refractivity contribution < 1.29 is 23.8 Å². The minimum absolute atomic E-state index is 0.162. The van der Waals surface area contributed by atoms with E-state index in [0.29, 0.717) is 34.9 Å². The Hall–Kier alpha value is -3.28. The minimum Gasteiger partial charge on any atom is -0.462 e. The van der Waals surface area contributed by atoms with Crippen molar-refractivity contribution in [3.05, 3.63) is 65.9 Å². The first-order valence-electron chi connectivity index (χ1n) is 7.82. The fourth-order valence-electron chi connectivity index (χ4n) is 2.35. The van der Waals surface area contributed by atoms with Gasteiger partial charge in [-0.15, -0.1) is 0 Å². The van der Waals surface area contributed by atoms with Gasteiger partial charge in [-0.1, -0.05) is 12.1 Å². The predicted molar refractivity (Wildman–Crippen MR) is 92.1 cm³/mol. The van der Waals surface area contributed by atoms with E-state index in [1.807, 2.05) is 0 Å². The average Bonchev–Trinajstić information content (AvgIpc) is 3.10. The molecule has 0 bridgehead atoms. The van der Waals surface area contributed by atoms with Crippen molar-refractivity contribution in [1.82, 2.24) is 0 Å². The Labute approximate surface area is 145 Å². The van der Waals surface area contributed by atoms with Gasteiger partial charge in [0, 0.05) is 17.8 Å². The molecule has 128 valence electrons. The standard InChI is InChI=1S/C19H17NO5/c1-2-23-19(22)14-5-3-4-6-15(14)20-10-9-16(21)13-7-8-17-18(11-13)25-12-24-17/h3-11,20H,2,12H2,1H3. The molecule has 1 aliphatic heterocycles. The minimum atomic E-state index is -0.416. The zero-order chi connectivity index (χ0) is 17.6. The Bertz CT molecular complexity index is 828. The molecule has 0 aromatic heterocycles. The van der Waals surface area contributed by atoms with Gasteiger partial charge in [-0.2, -0.15) is 0 Å². The molecule has 2 aromatic rings. The van der Waals surface area contributed by atoms with E-state index in [1.165, 1.54) is 12.3 Å². The number of hydrogen-bond acceptors (Lipinski definition) is 6. The Morgan fingerprint density at radius 2 is 1.96 bits per heavy atom. The largest absolute Gasteiger partial charge is 0.462 e. The van der Waals surface area contributed by atoms with E-state index in [-0.39, 0.29) is 12.6 Å². The molecule has 3 rings (SSSR count). The van der Waals surface area contributed by atoms with Crippen LogP contribution in [0.5, 0.6) is 11.5 Å². The molecule has 0 unspecified atom stereocenters. The van der Waals surface area contributed by atoms with Crippen LogP contribution in [-0.2, 0) is 4.74 Å². The summed E-state index contributed by atoms with van der Waals surface area (Å²) in [6.45, 7) is 2.21. The summed E-state index contributed by atoms with van der Waals surface area (Å²) in [6, 6.07) is 12.0. The molecule has 0 radical (unpaired) electrons. The van der Waals surface area contributed by atoms with Crippen LogP contribution in [0.25, 0.3) is 0 Å². The summed E-state index contributed by atoms with van der Waals surface area (Å²) in [5, 5.41) is 2.95. The van der Waals surface area contributed by atoms with Gasteiger partial charge in [0.25, 0.3) is 0 Å². The maximum absolute atomic E-state index is 12.2. The van der Waals surface area contributed by atoms with Crippen LogP contribution in [0.4, 0.5) is 5.69 Å². The van der Waals surface area contributed by atoms with Crippen LogP contribution in [0.2, 0.25) is 0 Å². The van der Waals surface area contributed by atoms with Crippen LogP contribution in [0.1, 0.15) is 27.6 Å². The lowest BCUT2D eigenvalue weighted by Crippen LogP contribution is -2.07. The number of rotatable bonds is 6. The van der Waals surface area contributed by atoms with Crippen LogP contribution < -0.4 is 14.8 Å². The molecule has 1 N–H and O–H groups in total.